The third kappa shape index (κ3) is 6.27. The zero-order valence-corrected chi connectivity index (χ0v) is 17.3. The van der Waals surface area contributed by atoms with Gasteiger partial charge in [0.1, 0.15) is 5.82 Å². The van der Waals surface area contributed by atoms with Gasteiger partial charge in [-0.25, -0.2) is 9.18 Å². The van der Waals surface area contributed by atoms with Crippen molar-refractivity contribution in [3.05, 3.63) is 71.0 Å². The van der Waals surface area contributed by atoms with Crippen LogP contribution in [0.2, 0.25) is 0 Å². The first kappa shape index (κ1) is 21.3. The van der Waals surface area contributed by atoms with Gasteiger partial charge in [0.15, 0.2) is 0 Å². The standard InChI is InChI=1S/C23H31FN4O/c1-3-27-11-13-28(14-12-27)17-21-8-5-4-7-20(21)16-25-23(29)26-18(2)19-9-6-10-22(24)15-19/h4-10,15,18H,3,11-14,16-17H2,1-2H3,(H2,25,26,29)/t18-/m1/s1. The van der Waals surface area contributed by atoms with E-state index in [1.165, 1.54) is 17.7 Å². The molecule has 0 radical (unpaired) electrons. The Balaban J connectivity index is 1.52. The molecule has 1 saturated heterocycles. The van der Waals surface area contributed by atoms with Crippen molar-refractivity contribution in [3.8, 4) is 0 Å². The van der Waals surface area contributed by atoms with Crippen LogP contribution in [0.5, 0.6) is 0 Å². The molecule has 1 aliphatic rings. The molecule has 0 aromatic heterocycles. The molecule has 1 fully saturated rings. The number of hydrogen-bond donors (Lipinski definition) is 2. The molecule has 2 N–H and O–H groups in total. The van der Waals surface area contributed by atoms with E-state index in [-0.39, 0.29) is 17.9 Å². The molecule has 0 aliphatic carbocycles. The summed E-state index contributed by atoms with van der Waals surface area (Å²) in [6.07, 6.45) is 0. The van der Waals surface area contributed by atoms with Gasteiger partial charge in [0.05, 0.1) is 6.04 Å². The van der Waals surface area contributed by atoms with Crippen LogP contribution in [0.15, 0.2) is 48.5 Å². The van der Waals surface area contributed by atoms with Gasteiger partial charge in [-0.15, -0.1) is 0 Å². The van der Waals surface area contributed by atoms with Crippen molar-refractivity contribution in [3.63, 3.8) is 0 Å². The lowest BCUT2D eigenvalue weighted by Crippen LogP contribution is -2.45. The second kappa shape index (κ2) is 10.4. The van der Waals surface area contributed by atoms with Gasteiger partial charge in [0.2, 0.25) is 0 Å². The van der Waals surface area contributed by atoms with E-state index < -0.39 is 0 Å². The third-order valence-corrected chi connectivity index (χ3v) is 5.56. The summed E-state index contributed by atoms with van der Waals surface area (Å²) in [6, 6.07) is 14.0. The van der Waals surface area contributed by atoms with E-state index in [9.17, 15) is 9.18 Å². The van der Waals surface area contributed by atoms with Crippen LogP contribution >= 0.6 is 0 Å². The quantitative estimate of drug-likeness (QED) is 0.750. The Morgan fingerprint density at radius 1 is 1.03 bits per heavy atom. The summed E-state index contributed by atoms with van der Waals surface area (Å²) in [5.74, 6) is -0.301. The molecule has 2 amide bonds. The lowest BCUT2D eigenvalue weighted by molar-refractivity contribution is 0.131. The molecular formula is C23H31FN4O. The highest BCUT2D eigenvalue weighted by molar-refractivity contribution is 5.74. The number of carbonyl (C=O) groups is 1. The molecule has 1 heterocycles. The van der Waals surface area contributed by atoms with Crippen LogP contribution in [0.1, 0.15) is 36.6 Å². The third-order valence-electron chi connectivity index (χ3n) is 5.56. The number of nitrogens with one attached hydrogen (secondary N) is 2. The molecule has 0 bridgehead atoms. The van der Waals surface area contributed by atoms with E-state index in [1.807, 2.05) is 25.1 Å². The summed E-state index contributed by atoms with van der Waals surface area (Å²) in [7, 11) is 0. The van der Waals surface area contributed by atoms with E-state index in [2.05, 4.69) is 39.5 Å². The fourth-order valence-corrected chi connectivity index (χ4v) is 3.67. The summed E-state index contributed by atoms with van der Waals surface area (Å²) in [5, 5.41) is 5.81. The molecule has 6 heteroatoms. The van der Waals surface area contributed by atoms with Crippen LogP contribution < -0.4 is 10.6 Å². The van der Waals surface area contributed by atoms with E-state index in [4.69, 9.17) is 0 Å². The van der Waals surface area contributed by atoms with E-state index >= 15 is 0 Å². The van der Waals surface area contributed by atoms with Crippen molar-refractivity contribution in [2.24, 2.45) is 0 Å². The Hall–Kier alpha value is -2.44. The Bertz CT molecular complexity index is 805. The van der Waals surface area contributed by atoms with Gasteiger partial charge in [0, 0.05) is 39.3 Å². The molecule has 5 nitrogen and oxygen atoms in total. The molecule has 0 spiro atoms. The molecule has 29 heavy (non-hydrogen) atoms. The maximum Gasteiger partial charge on any atom is 0.315 e. The molecule has 1 atom stereocenters. The number of piperazine rings is 1. The van der Waals surface area contributed by atoms with Crippen molar-refractivity contribution in [1.82, 2.24) is 20.4 Å². The first-order valence-electron chi connectivity index (χ1n) is 10.4. The van der Waals surface area contributed by atoms with Crippen LogP contribution in [-0.4, -0.2) is 48.6 Å². The average molecular weight is 399 g/mol. The van der Waals surface area contributed by atoms with Gasteiger partial charge >= 0.3 is 6.03 Å². The van der Waals surface area contributed by atoms with Gasteiger partial charge in [0.25, 0.3) is 0 Å². The van der Waals surface area contributed by atoms with Crippen LogP contribution in [0.25, 0.3) is 0 Å². The molecule has 2 aromatic rings. The lowest BCUT2D eigenvalue weighted by Gasteiger charge is -2.34. The number of nitrogens with zero attached hydrogens (tertiary/aromatic N) is 2. The molecule has 2 aromatic carbocycles. The summed E-state index contributed by atoms with van der Waals surface area (Å²) < 4.78 is 13.4. The minimum absolute atomic E-state index is 0.256. The van der Waals surface area contributed by atoms with Crippen LogP contribution in [0.4, 0.5) is 9.18 Å². The summed E-state index contributed by atoms with van der Waals surface area (Å²) in [4.78, 5) is 17.3. The predicted octanol–water partition coefficient (Wildman–Crippen LogP) is 3.52. The minimum Gasteiger partial charge on any atom is -0.334 e. The highest BCUT2D eigenvalue weighted by atomic mass is 19.1. The van der Waals surface area contributed by atoms with E-state index in [0.29, 0.717) is 6.54 Å². The number of halogens is 1. The maximum atomic E-state index is 13.4. The monoisotopic (exact) mass is 398 g/mol. The summed E-state index contributed by atoms with van der Waals surface area (Å²) in [6.45, 7) is 10.9. The zero-order valence-electron chi connectivity index (χ0n) is 17.3. The van der Waals surface area contributed by atoms with Crippen molar-refractivity contribution in [2.45, 2.75) is 33.0 Å². The van der Waals surface area contributed by atoms with Crippen molar-refractivity contribution in [2.75, 3.05) is 32.7 Å². The fourth-order valence-electron chi connectivity index (χ4n) is 3.67. The fraction of sp³-hybridized carbons (Fsp3) is 0.435. The predicted molar refractivity (Wildman–Crippen MR) is 114 cm³/mol. The van der Waals surface area contributed by atoms with Crippen LogP contribution in [0, 0.1) is 5.82 Å². The number of benzene rings is 2. The number of carbonyl (C=O) groups excluding carboxylic acids is 1. The molecule has 3 rings (SSSR count). The largest absolute Gasteiger partial charge is 0.334 e. The van der Waals surface area contributed by atoms with Gasteiger partial charge in [-0.05, 0) is 42.3 Å². The minimum atomic E-state index is -0.301. The molecule has 156 valence electrons. The van der Waals surface area contributed by atoms with E-state index in [1.54, 1.807) is 6.07 Å². The first-order valence-corrected chi connectivity index (χ1v) is 10.4. The number of hydrogen-bond acceptors (Lipinski definition) is 3. The normalized spacial score (nSPS) is 16.4. The number of rotatable bonds is 7. The highest BCUT2D eigenvalue weighted by Crippen LogP contribution is 2.15. The lowest BCUT2D eigenvalue weighted by atomic mass is 10.1. The number of amides is 2. The van der Waals surface area contributed by atoms with Crippen molar-refractivity contribution in [1.29, 1.82) is 0 Å². The van der Waals surface area contributed by atoms with Gasteiger partial charge in [-0.2, -0.15) is 0 Å². The Morgan fingerprint density at radius 3 is 2.41 bits per heavy atom. The highest BCUT2D eigenvalue weighted by Gasteiger charge is 2.17. The summed E-state index contributed by atoms with van der Waals surface area (Å²) in [5.41, 5.74) is 3.11. The second-order valence-electron chi connectivity index (χ2n) is 7.58. The topological polar surface area (TPSA) is 47.6 Å². The second-order valence-corrected chi connectivity index (χ2v) is 7.58. The smallest absolute Gasteiger partial charge is 0.315 e. The van der Waals surface area contributed by atoms with Crippen molar-refractivity contribution >= 4 is 6.03 Å². The van der Waals surface area contributed by atoms with Crippen molar-refractivity contribution < 1.29 is 9.18 Å². The number of urea groups is 1. The van der Waals surface area contributed by atoms with Crippen LogP contribution in [-0.2, 0) is 13.1 Å². The van der Waals surface area contributed by atoms with Gasteiger partial charge in [-0.3, -0.25) is 4.90 Å². The molecular weight excluding hydrogens is 367 g/mol. The summed E-state index contributed by atoms with van der Waals surface area (Å²) >= 11 is 0. The average Bonchev–Trinajstić information content (AvgIpc) is 2.73. The Morgan fingerprint density at radius 2 is 1.72 bits per heavy atom. The molecule has 0 unspecified atom stereocenters. The number of likely N-dealkylation sites (N-methyl/N-ethyl adjacent to an activating group) is 1. The van der Waals surface area contributed by atoms with Crippen LogP contribution in [0.3, 0.4) is 0 Å². The van der Waals surface area contributed by atoms with Gasteiger partial charge in [-0.1, -0.05) is 43.3 Å². The molecule has 1 aliphatic heterocycles. The zero-order chi connectivity index (χ0) is 20.6. The van der Waals surface area contributed by atoms with E-state index in [0.717, 1.165) is 50.4 Å². The maximum absolute atomic E-state index is 13.4. The Kier molecular flexibility index (Phi) is 7.61. The Labute approximate surface area is 172 Å². The first-order chi connectivity index (χ1) is 14.0. The SMILES string of the molecule is CCN1CCN(Cc2ccccc2CNC(=O)N[C@H](C)c2cccc(F)c2)CC1. The van der Waals surface area contributed by atoms with Gasteiger partial charge < -0.3 is 15.5 Å². The molecule has 0 saturated carbocycles.